The fourth-order valence-corrected chi connectivity index (χ4v) is 4.26. The summed E-state index contributed by atoms with van der Waals surface area (Å²) >= 11 is 0. The highest BCUT2D eigenvalue weighted by atomic mass is 15.2. The van der Waals surface area contributed by atoms with Crippen molar-refractivity contribution in [3.05, 3.63) is 0 Å². The van der Waals surface area contributed by atoms with Crippen molar-refractivity contribution < 1.29 is 0 Å². The summed E-state index contributed by atoms with van der Waals surface area (Å²) in [7, 11) is 6.74. The molecule has 2 aliphatic carbocycles. The van der Waals surface area contributed by atoms with Crippen LogP contribution in [0.5, 0.6) is 0 Å². The molecule has 2 saturated carbocycles. The molecule has 0 aromatic heterocycles. The van der Waals surface area contributed by atoms with Crippen LogP contribution in [0.1, 0.15) is 51.4 Å². The molecule has 2 fully saturated rings. The Hall–Kier alpha value is -0.0800. The van der Waals surface area contributed by atoms with Gasteiger partial charge in [-0.1, -0.05) is 25.7 Å². The van der Waals surface area contributed by atoms with Crippen LogP contribution in [0, 0.1) is 5.92 Å². The van der Waals surface area contributed by atoms with Gasteiger partial charge in [0.25, 0.3) is 0 Å². The normalized spacial score (nSPS) is 27.8. The van der Waals surface area contributed by atoms with Crippen molar-refractivity contribution in [3.8, 4) is 0 Å². The minimum absolute atomic E-state index is 0.448. The molecule has 0 aromatic rings. The third-order valence-electron chi connectivity index (χ3n) is 5.12. The topological polar surface area (TPSA) is 15.3 Å². The van der Waals surface area contributed by atoms with Gasteiger partial charge in [0.15, 0.2) is 0 Å². The van der Waals surface area contributed by atoms with E-state index in [1.165, 1.54) is 51.4 Å². The number of hydrogen-bond acceptors (Lipinski definition) is 2. The van der Waals surface area contributed by atoms with Gasteiger partial charge in [-0.3, -0.25) is 0 Å². The van der Waals surface area contributed by atoms with Gasteiger partial charge in [0.05, 0.1) is 0 Å². The minimum Gasteiger partial charge on any atom is -0.315 e. The van der Waals surface area contributed by atoms with Crippen molar-refractivity contribution in [2.45, 2.75) is 62.9 Å². The molecule has 0 spiro atoms. The highest BCUT2D eigenvalue weighted by Crippen LogP contribution is 2.42. The van der Waals surface area contributed by atoms with Crippen LogP contribution in [0.15, 0.2) is 0 Å². The van der Waals surface area contributed by atoms with Crippen molar-refractivity contribution in [2.75, 3.05) is 21.1 Å². The second kappa shape index (κ2) is 5.05. The van der Waals surface area contributed by atoms with Gasteiger partial charge in [-0.25, -0.2) is 0 Å². The lowest BCUT2D eigenvalue weighted by Crippen LogP contribution is -2.59. The molecule has 1 unspecified atom stereocenters. The average molecular weight is 224 g/mol. The summed E-state index contributed by atoms with van der Waals surface area (Å²) in [5.41, 5.74) is 0.448. The van der Waals surface area contributed by atoms with Crippen molar-refractivity contribution in [1.29, 1.82) is 0 Å². The zero-order valence-electron chi connectivity index (χ0n) is 11.3. The first kappa shape index (κ1) is 12.4. The monoisotopic (exact) mass is 224 g/mol. The molecule has 0 saturated heterocycles. The molecule has 0 heterocycles. The van der Waals surface area contributed by atoms with Crippen LogP contribution in [0.25, 0.3) is 0 Å². The van der Waals surface area contributed by atoms with Crippen LogP contribution < -0.4 is 5.32 Å². The van der Waals surface area contributed by atoms with Gasteiger partial charge in [0.1, 0.15) is 0 Å². The largest absolute Gasteiger partial charge is 0.315 e. The van der Waals surface area contributed by atoms with E-state index in [4.69, 9.17) is 0 Å². The van der Waals surface area contributed by atoms with E-state index in [1.54, 1.807) is 0 Å². The SMILES string of the molecule is CNC(C1CCCC1)C1(N(C)C)CCCC1. The maximum Gasteiger partial charge on any atom is 0.0359 e. The maximum atomic E-state index is 3.67. The first-order valence-corrected chi connectivity index (χ1v) is 7.05. The molecule has 0 bridgehead atoms. The molecule has 1 atom stereocenters. The molecular formula is C14H28N2. The zero-order valence-corrected chi connectivity index (χ0v) is 11.3. The molecule has 2 nitrogen and oxygen atoms in total. The van der Waals surface area contributed by atoms with Crippen LogP contribution in [0.2, 0.25) is 0 Å². The molecule has 1 N–H and O–H groups in total. The predicted molar refractivity (Wildman–Crippen MR) is 69.7 cm³/mol. The first-order valence-electron chi connectivity index (χ1n) is 7.05. The highest BCUT2D eigenvalue weighted by Gasteiger charge is 2.45. The van der Waals surface area contributed by atoms with E-state index < -0.39 is 0 Å². The molecule has 0 radical (unpaired) electrons. The predicted octanol–water partition coefficient (Wildman–Crippen LogP) is 2.64. The van der Waals surface area contributed by atoms with Gasteiger partial charge in [0.2, 0.25) is 0 Å². The second-order valence-electron chi connectivity index (χ2n) is 6.02. The van der Waals surface area contributed by atoms with E-state index in [-0.39, 0.29) is 0 Å². The van der Waals surface area contributed by atoms with Crippen molar-refractivity contribution in [3.63, 3.8) is 0 Å². The minimum atomic E-state index is 0.448. The van der Waals surface area contributed by atoms with E-state index in [0.29, 0.717) is 11.6 Å². The summed E-state index contributed by atoms with van der Waals surface area (Å²) in [6, 6.07) is 0.715. The Morgan fingerprint density at radius 3 is 2.06 bits per heavy atom. The average Bonchev–Trinajstić information content (AvgIpc) is 2.89. The molecular weight excluding hydrogens is 196 g/mol. The van der Waals surface area contributed by atoms with E-state index in [2.05, 4.69) is 31.4 Å². The van der Waals surface area contributed by atoms with Crippen molar-refractivity contribution >= 4 is 0 Å². The van der Waals surface area contributed by atoms with E-state index >= 15 is 0 Å². The Bertz CT molecular complexity index is 213. The Labute approximate surface area is 101 Å². The molecule has 2 heteroatoms. The lowest BCUT2D eigenvalue weighted by atomic mass is 9.78. The van der Waals surface area contributed by atoms with Gasteiger partial charge in [0, 0.05) is 11.6 Å². The summed E-state index contributed by atoms with van der Waals surface area (Å²) in [4.78, 5) is 2.51. The fraction of sp³-hybridized carbons (Fsp3) is 1.00. The maximum absolute atomic E-state index is 3.67. The van der Waals surface area contributed by atoms with Crippen molar-refractivity contribution in [1.82, 2.24) is 10.2 Å². The molecule has 94 valence electrons. The Kier molecular flexibility index (Phi) is 3.91. The summed E-state index contributed by atoms with van der Waals surface area (Å²) in [5, 5.41) is 3.67. The Morgan fingerprint density at radius 2 is 1.62 bits per heavy atom. The number of rotatable bonds is 4. The highest BCUT2D eigenvalue weighted by molar-refractivity contribution is 5.04. The number of nitrogens with zero attached hydrogens (tertiary/aromatic N) is 1. The third-order valence-corrected chi connectivity index (χ3v) is 5.12. The molecule has 0 aliphatic heterocycles. The lowest BCUT2D eigenvalue weighted by molar-refractivity contribution is 0.0785. The Morgan fingerprint density at radius 1 is 1.06 bits per heavy atom. The summed E-state index contributed by atoms with van der Waals surface area (Å²) in [6.07, 6.45) is 11.4. The van der Waals surface area contributed by atoms with Crippen LogP contribution in [0.3, 0.4) is 0 Å². The van der Waals surface area contributed by atoms with Crippen LogP contribution >= 0.6 is 0 Å². The van der Waals surface area contributed by atoms with Gasteiger partial charge in [-0.2, -0.15) is 0 Å². The van der Waals surface area contributed by atoms with E-state index in [9.17, 15) is 0 Å². The van der Waals surface area contributed by atoms with Gasteiger partial charge in [-0.15, -0.1) is 0 Å². The molecule has 16 heavy (non-hydrogen) atoms. The smallest absolute Gasteiger partial charge is 0.0359 e. The molecule has 0 amide bonds. The summed E-state index contributed by atoms with van der Waals surface area (Å²) in [5.74, 6) is 0.922. The van der Waals surface area contributed by atoms with Gasteiger partial charge < -0.3 is 10.2 Å². The fourth-order valence-electron chi connectivity index (χ4n) is 4.26. The number of likely N-dealkylation sites (N-methyl/N-ethyl adjacent to an activating group) is 2. The zero-order chi connectivity index (χ0) is 11.6. The standard InChI is InChI=1S/C14H28N2/c1-15-13(12-8-4-5-9-12)14(16(2)3)10-6-7-11-14/h12-13,15H,4-11H2,1-3H3. The molecule has 2 aliphatic rings. The van der Waals surface area contributed by atoms with Crippen LogP contribution in [-0.2, 0) is 0 Å². The summed E-state index contributed by atoms with van der Waals surface area (Å²) < 4.78 is 0. The molecule has 0 aromatic carbocycles. The summed E-state index contributed by atoms with van der Waals surface area (Å²) in [6.45, 7) is 0. The van der Waals surface area contributed by atoms with Crippen molar-refractivity contribution in [2.24, 2.45) is 5.92 Å². The van der Waals surface area contributed by atoms with Crippen LogP contribution in [0.4, 0.5) is 0 Å². The first-order chi connectivity index (χ1) is 7.70. The number of hydrogen-bond donors (Lipinski definition) is 1. The third kappa shape index (κ3) is 2.02. The van der Waals surface area contributed by atoms with Gasteiger partial charge in [-0.05, 0) is 52.7 Å². The Balaban J connectivity index is 2.15. The quantitative estimate of drug-likeness (QED) is 0.790. The van der Waals surface area contributed by atoms with E-state index in [1.807, 2.05) is 0 Å². The van der Waals surface area contributed by atoms with Crippen LogP contribution in [-0.4, -0.2) is 37.6 Å². The lowest BCUT2D eigenvalue weighted by Gasteiger charge is -2.46. The van der Waals surface area contributed by atoms with E-state index in [0.717, 1.165) is 5.92 Å². The number of nitrogens with one attached hydrogen (secondary N) is 1. The second-order valence-corrected chi connectivity index (χ2v) is 6.02. The molecule has 2 rings (SSSR count). The van der Waals surface area contributed by atoms with Gasteiger partial charge >= 0.3 is 0 Å².